The van der Waals surface area contributed by atoms with E-state index in [-0.39, 0.29) is 0 Å². The molecule has 0 amide bonds. The van der Waals surface area contributed by atoms with Crippen LogP contribution < -0.4 is 5.32 Å². The third kappa shape index (κ3) is 2.83. The molecule has 1 unspecified atom stereocenters. The lowest BCUT2D eigenvalue weighted by atomic mass is 10.2. The van der Waals surface area contributed by atoms with Crippen molar-refractivity contribution >= 4 is 22.2 Å². The molecule has 2 nitrogen and oxygen atoms in total. The van der Waals surface area contributed by atoms with Crippen LogP contribution in [-0.2, 0) is 6.54 Å². The van der Waals surface area contributed by atoms with Crippen molar-refractivity contribution in [1.29, 1.82) is 0 Å². The number of hydrogen-bond acceptors (Lipinski definition) is 3. The van der Waals surface area contributed by atoms with Crippen LogP contribution in [0, 0.1) is 0 Å². The molecule has 1 N–H and O–H groups in total. The zero-order valence-electron chi connectivity index (χ0n) is 10.8. The van der Waals surface area contributed by atoms with Gasteiger partial charge in [-0.25, -0.2) is 0 Å². The summed E-state index contributed by atoms with van der Waals surface area (Å²) in [5.74, 6) is 0. The molecule has 3 rings (SSSR count). The predicted octanol–water partition coefficient (Wildman–Crippen LogP) is 4.15. The smallest absolute Gasteiger partial charge is 0.0705 e. The van der Waals surface area contributed by atoms with Crippen LogP contribution in [0.15, 0.2) is 53.9 Å². The summed E-state index contributed by atoms with van der Waals surface area (Å²) in [6.45, 7) is 2.98. The molecule has 0 fully saturated rings. The summed E-state index contributed by atoms with van der Waals surface area (Å²) in [7, 11) is 0. The van der Waals surface area contributed by atoms with Crippen molar-refractivity contribution in [3.05, 3.63) is 64.5 Å². The number of hydrogen-bond donors (Lipinski definition) is 1. The van der Waals surface area contributed by atoms with Crippen LogP contribution in [0.5, 0.6) is 0 Å². The monoisotopic (exact) mass is 268 g/mol. The van der Waals surface area contributed by atoms with Crippen LogP contribution in [0.3, 0.4) is 0 Å². The average molecular weight is 268 g/mol. The van der Waals surface area contributed by atoms with Gasteiger partial charge in [0.25, 0.3) is 0 Å². The van der Waals surface area contributed by atoms with Crippen molar-refractivity contribution in [1.82, 2.24) is 10.3 Å². The first kappa shape index (κ1) is 12.3. The maximum absolute atomic E-state index is 4.67. The van der Waals surface area contributed by atoms with Gasteiger partial charge < -0.3 is 5.32 Å². The van der Waals surface area contributed by atoms with Gasteiger partial charge in [-0.3, -0.25) is 4.98 Å². The van der Waals surface area contributed by atoms with Gasteiger partial charge in [0.05, 0.1) is 11.2 Å². The van der Waals surface area contributed by atoms with E-state index < -0.39 is 0 Å². The van der Waals surface area contributed by atoms with Gasteiger partial charge in [-0.1, -0.05) is 30.3 Å². The van der Waals surface area contributed by atoms with Crippen LogP contribution in [0.1, 0.15) is 23.5 Å². The molecule has 0 radical (unpaired) electrons. The molecule has 2 heterocycles. The highest BCUT2D eigenvalue weighted by Gasteiger charge is 2.06. The fourth-order valence-corrected chi connectivity index (χ4v) is 2.86. The van der Waals surface area contributed by atoms with E-state index in [2.05, 4.69) is 59.0 Å². The molecule has 1 atom stereocenters. The number of rotatable bonds is 4. The largest absolute Gasteiger partial charge is 0.304 e. The Labute approximate surface area is 117 Å². The fourth-order valence-electron chi connectivity index (χ4n) is 2.10. The van der Waals surface area contributed by atoms with Crippen molar-refractivity contribution in [2.75, 3.05) is 0 Å². The fraction of sp³-hybridized carbons (Fsp3) is 0.188. The SMILES string of the molecule is CC(NCc1ccc2ccccc2n1)c1cccs1. The standard InChI is InChI=1S/C16H16N2S/c1-12(16-7-4-10-19-16)17-11-14-9-8-13-5-2-3-6-15(13)18-14/h2-10,12,17H,11H2,1H3. The summed E-state index contributed by atoms with van der Waals surface area (Å²) in [6, 6.07) is 17.1. The first-order chi connectivity index (χ1) is 9.33. The lowest BCUT2D eigenvalue weighted by Crippen LogP contribution is -2.17. The van der Waals surface area contributed by atoms with Gasteiger partial charge in [-0.15, -0.1) is 11.3 Å². The van der Waals surface area contributed by atoms with Gasteiger partial charge >= 0.3 is 0 Å². The zero-order valence-corrected chi connectivity index (χ0v) is 11.7. The maximum atomic E-state index is 4.67. The summed E-state index contributed by atoms with van der Waals surface area (Å²) in [5, 5.41) is 6.82. The van der Waals surface area contributed by atoms with E-state index in [0.29, 0.717) is 6.04 Å². The third-order valence-electron chi connectivity index (χ3n) is 3.22. The van der Waals surface area contributed by atoms with Gasteiger partial charge in [0.2, 0.25) is 0 Å². The van der Waals surface area contributed by atoms with Gasteiger partial charge in [-0.2, -0.15) is 0 Å². The first-order valence-corrected chi connectivity index (χ1v) is 7.32. The molecule has 3 aromatic rings. The Bertz CT molecular complexity index is 661. The lowest BCUT2D eigenvalue weighted by molar-refractivity contribution is 0.576. The van der Waals surface area contributed by atoms with Crippen LogP contribution >= 0.6 is 11.3 Å². The van der Waals surface area contributed by atoms with Gasteiger partial charge in [0.15, 0.2) is 0 Å². The molecular weight excluding hydrogens is 252 g/mol. The van der Waals surface area contributed by atoms with Crippen molar-refractivity contribution in [2.45, 2.75) is 19.5 Å². The molecule has 0 spiro atoms. The molecule has 0 saturated carbocycles. The number of nitrogens with zero attached hydrogens (tertiary/aromatic N) is 1. The van der Waals surface area contributed by atoms with E-state index in [1.807, 2.05) is 12.1 Å². The Morgan fingerprint density at radius 1 is 1.11 bits per heavy atom. The van der Waals surface area contributed by atoms with E-state index >= 15 is 0 Å². The molecule has 96 valence electrons. The molecule has 0 aliphatic heterocycles. The number of fused-ring (bicyclic) bond motifs is 1. The topological polar surface area (TPSA) is 24.9 Å². The third-order valence-corrected chi connectivity index (χ3v) is 4.27. The first-order valence-electron chi connectivity index (χ1n) is 6.44. The van der Waals surface area contributed by atoms with Crippen molar-refractivity contribution in [3.8, 4) is 0 Å². The van der Waals surface area contributed by atoms with Crippen LogP contribution in [0.2, 0.25) is 0 Å². The minimum atomic E-state index is 0.369. The molecule has 1 aromatic carbocycles. The molecule has 0 aliphatic carbocycles. The summed E-state index contributed by atoms with van der Waals surface area (Å²) < 4.78 is 0. The Morgan fingerprint density at radius 3 is 2.84 bits per heavy atom. The minimum Gasteiger partial charge on any atom is -0.304 e. The van der Waals surface area contributed by atoms with Crippen LogP contribution in [0.25, 0.3) is 10.9 Å². The van der Waals surface area contributed by atoms with Crippen LogP contribution in [0.4, 0.5) is 0 Å². The van der Waals surface area contributed by atoms with Crippen molar-refractivity contribution in [3.63, 3.8) is 0 Å². The van der Waals surface area contributed by atoms with E-state index in [1.54, 1.807) is 11.3 Å². The highest BCUT2D eigenvalue weighted by molar-refractivity contribution is 7.10. The highest BCUT2D eigenvalue weighted by Crippen LogP contribution is 2.18. The van der Waals surface area contributed by atoms with Gasteiger partial charge in [0, 0.05) is 22.8 Å². The van der Waals surface area contributed by atoms with E-state index in [9.17, 15) is 0 Å². The average Bonchev–Trinajstić information content (AvgIpc) is 2.99. The maximum Gasteiger partial charge on any atom is 0.0705 e. The number of aromatic nitrogens is 1. The summed E-state index contributed by atoms with van der Waals surface area (Å²) in [6.07, 6.45) is 0. The Balaban J connectivity index is 1.71. The quantitative estimate of drug-likeness (QED) is 0.769. The Morgan fingerprint density at radius 2 is 2.00 bits per heavy atom. The predicted molar refractivity (Wildman–Crippen MR) is 81.3 cm³/mol. The molecule has 2 aromatic heterocycles. The Kier molecular flexibility index (Phi) is 3.58. The number of para-hydroxylation sites is 1. The summed E-state index contributed by atoms with van der Waals surface area (Å²) >= 11 is 1.79. The lowest BCUT2D eigenvalue weighted by Gasteiger charge is -2.11. The normalized spacial score (nSPS) is 12.7. The van der Waals surface area contributed by atoms with Gasteiger partial charge in [-0.05, 0) is 30.5 Å². The highest BCUT2D eigenvalue weighted by atomic mass is 32.1. The number of nitrogens with one attached hydrogen (secondary N) is 1. The molecular formula is C16H16N2S. The number of thiophene rings is 1. The molecule has 3 heteroatoms. The second-order valence-electron chi connectivity index (χ2n) is 4.61. The van der Waals surface area contributed by atoms with Crippen molar-refractivity contribution < 1.29 is 0 Å². The van der Waals surface area contributed by atoms with Gasteiger partial charge in [0.1, 0.15) is 0 Å². The Hall–Kier alpha value is -1.71. The second kappa shape index (κ2) is 5.51. The molecule has 0 aliphatic rings. The zero-order chi connectivity index (χ0) is 13.1. The van der Waals surface area contributed by atoms with E-state index in [1.165, 1.54) is 10.3 Å². The van der Waals surface area contributed by atoms with E-state index in [4.69, 9.17) is 0 Å². The molecule has 0 bridgehead atoms. The number of pyridine rings is 1. The minimum absolute atomic E-state index is 0.369. The number of benzene rings is 1. The molecule has 0 saturated heterocycles. The van der Waals surface area contributed by atoms with E-state index in [0.717, 1.165) is 17.8 Å². The molecule has 19 heavy (non-hydrogen) atoms. The van der Waals surface area contributed by atoms with Crippen LogP contribution in [-0.4, -0.2) is 4.98 Å². The summed E-state index contributed by atoms with van der Waals surface area (Å²) in [5.41, 5.74) is 2.15. The second-order valence-corrected chi connectivity index (χ2v) is 5.59. The van der Waals surface area contributed by atoms with Crippen molar-refractivity contribution in [2.24, 2.45) is 0 Å². The summed E-state index contributed by atoms with van der Waals surface area (Å²) in [4.78, 5) is 6.03.